The van der Waals surface area contributed by atoms with Crippen LogP contribution in [-0.4, -0.2) is 29.4 Å². The van der Waals surface area contributed by atoms with Gasteiger partial charge in [0.05, 0.1) is 5.69 Å². The van der Waals surface area contributed by atoms with Gasteiger partial charge >= 0.3 is 0 Å². The predicted molar refractivity (Wildman–Crippen MR) is 136 cm³/mol. The minimum absolute atomic E-state index is 0.0310. The number of hydrogen-bond acceptors (Lipinski definition) is 4. The number of piperidine rings is 1. The first kappa shape index (κ1) is 22.5. The SMILES string of the molecule is C[C@H]1CCC[C@](C)(C2CCC(N3C(=O)C(c4cccc(C(=N)N)c4)Sc4ccccc43)C2)N1. The van der Waals surface area contributed by atoms with E-state index < -0.39 is 0 Å². The maximum Gasteiger partial charge on any atom is 0.245 e. The molecule has 0 aromatic heterocycles. The van der Waals surface area contributed by atoms with Gasteiger partial charge < -0.3 is 16.0 Å². The second-order valence-electron chi connectivity index (χ2n) is 10.2. The highest BCUT2D eigenvalue weighted by atomic mass is 32.2. The summed E-state index contributed by atoms with van der Waals surface area (Å²) in [4.78, 5) is 17.2. The molecule has 2 aliphatic heterocycles. The summed E-state index contributed by atoms with van der Waals surface area (Å²) >= 11 is 1.61. The molecule has 0 bridgehead atoms. The third-order valence-electron chi connectivity index (χ3n) is 7.91. The Bertz CT molecular complexity index is 1070. The van der Waals surface area contributed by atoms with Crippen LogP contribution < -0.4 is 16.0 Å². The fourth-order valence-corrected chi connectivity index (χ4v) is 7.41. The number of nitrogens with one attached hydrogen (secondary N) is 2. The Kier molecular flexibility index (Phi) is 6.00. The number of anilines is 1. The predicted octanol–water partition coefficient (Wildman–Crippen LogP) is 5.24. The van der Waals surface area contributed by atoms with E-state index in [1.165, 1.54) is 19.3 Å². The number of fused-ring (bicyclic) bond motifs is 1. The summed E-state index contributed by atoms with van der Waals surface area (Å²) < 4.78 is 0. The van der Waals surface area contributed by atoms with Crippen molar-refractivity contribution in [3.05, 3.63) is 59.7 Å². The summed E-state index contributed by atoms with van der Waals surface area (Å²) in [5.74, 6) is 0.767. The summed E-state index contributed by atoms with van der Waals surface area (Å²) in [6, 6.07) is 16.7. The van der Waals surface area contributed by atoms with E-state index in [-0.39, 0.29) is 28.6 Å². The number of amides is 1. The second kappa shape index (κ2) is 8.80. The molecule has 1 saturated heterocycles. The van der Waals surface area contributed by atoms with Crippen molar-refractivity contribution < 1.29 is 4.79 Å². The summed E-state index contributed by atoms with van der Waals surface area (Å²) in [7, 11) is 0. The number of para-hydroxylation sites is 1. The molecule has 2 aromatic rings. The quantitative estimate of drug-likeness (QED) is 0.429. The first-order chi connectivity index (χ1) is 15.9. The Morgan fingerprint density at radius 1 is 1.18 bits per heavy atom. The molecule has 5 nitrogen and oxygen atoms in total. The largest absolute Gasteiger partial charge is 0.384 e. The van der Waals surface area contributed by atoms with Gasteiger partial charge in [-0.2, -0.15) is 0 Å². The Balaban J connectivity index is 1.45. The molecule has 2 heterocycles. The average molecular weight is 463 g/mol. The number of hydrogen-bond donors (Lipinski definition) is 3. The lowest BCUT2D eigenvalue weighted by Gasteiger charge is -2.44. The molecule has 174 valence electrons. The molecule has 2 aromatic carbocycles. The molecule has 1 aliphatic carbocycles. The zero-order valence-electron chi connectivity index (χ0n) is 19.5. The lowest BCUT2D eigenvalue weighted by atomic mass is 9.76. The number of nitrogens with zero attached hydrogens (tertiary/aromatic N) is 1. The number of nitrogens with two attached hydrogens (primary N) is 1. The summed E-state index contributed by atoms with van der Waals surface area (Å²) in [5.41, 5.74) is 8.53. The first-order valence-corrected chi connectivity index (χ1v) is 13.0. The van der Waals surface area contributed by atoms with Gasteiger partial charge in [-0.1, -0.05) is 36.8 Å². The first-order valence-electron chi connectivity index (χ1n) is 12.2. The summed E-state index contributed by atoms with van der Waals surface area (Å²) in [6.45, 7) is 4.69. The van der Waals surface area contributed by atoms with Crippen LogP contribution in [0.4, 0.5) is 5.69 Å². The van der Waals surface area contributed by atoms with E-state index in [0.717, 1.165) is 35.4 Å². The topological polar surface area (TPSA) is 82.2 Å². The molecule has 0 radical (unpaired) electrons. The zero-order valence-corrected chi connectivity index (χ0v) is 20.3. The number of rotatable bonds is 4. The van der Waals surface area contributed by atoms with Gasteiger partial charge in [-0.25, -0.2) is 0 Å². The van der Waals surface area contributed by atoms with Crippen molar-refractivity contribution in [2.45, 2.75) is 80.1 Å². The van der Waals surface area contributed by atoms with Crippen molar-refractivity contribution in [1.82, 2.24) is 5.32 Å². The Hall–Kier alpha value is -2.31. The van der Waals surface area contributed by atoms with E-state index in [2.05, 4.69) is 42.3 Å². The van der Waals surface area contributed by atoms with E-state index in [0.29, 0.717) is 17.5 Å². The van der Waals surface area contributed by atoms with Gasteiger partial charge in [0.15, 0.2) is 0 Å². The van der Waals surface area contributed by atoms with E-state index in [9.17, 15) is 4.79 Å². The van der Waals surface area contributed by atoms with E-state index >= 15 is 0 Å². The maximum atomic E-state index is 14.0. The molecule has 5 rings (SSSR count). The van der Waals surface area contributed by atoms with Gasteiger partial charge in [-0.3, -0.25) is 10.2 Å². The fraction of sp³-hybridized carbons (Fsp3) is 0.481. The van der Waals surface area contributed by atoms with Crippen molar-refractivity contribution in [1.29, 1.82) is 5.41 Å². The number of amidine groups is 1. The summed E-state index contributed by atoms with van der Waals surface area (Å²) in [6.07, 6.45) is 6.99. The Morgan fingerprint density at radius 3 is 2.79 bits per heavy atom. The van der Waals surface area contributed by atoms with Crippen LogP contribution in [0.3, 0.4) is 0 Å². The van der Waals surface area contributed by atoms with Crippen LogP contribution in [0.1, 0.15) is 68.7 Å². The minimum atomic E-state index is -0.318. The van der Waals surface area contributed by atoms with Crippen LogP contribution >= 0.6 is 11.8 Å². The molecule has 33 heavy (non-hydrogen) atoms. The van der Waals surface area contributed by atoms with Crippen molar-refractivity contribution >= 4 is 29.2 Å². The normalized spacial score (nSPS) is 31.9. The highest BCUT2D eigenvalue weighted by Gasteiger charge is 2.46. The number of benzene rings is 2. The van der Waals surface area contributed by atoms with Crippen LogP contribution in [-0.2, 0) is 4.79 Å². The smallest absolute Gasteiger partial charge is 0.245 e. The molecule has 2 fully saturated rings. The van der Waals surface area contributed by atoms with Crippen LogP contribution in [0.15, 0.2) is 53.4 Å². The molecule has 0 spiro atoms. The standard InChI is InChI=1S/C27H34N4OS/c1-17-7-6-14-27(2,30-17)20-12-13-21(16-20)31-22-10-3-4-11-23(22)33-24(26(31)32)18-8-5-9-19(15-18)25(28)29/h3-5,8-11,15,17,20-21,24,30H,6-7,12-14,16H2,1-2H3,(H3,28,29)/t17-,20?,21?,24?,27+/m0/s1. The highest BCUT2D eigenvalue weighted by molar-refractivity contribution is 8.00. The van der Waals surface area contributed by atoms with Gasteiger partial charge in [-0.05, 0) is 75.6 Å². The number of carbonyl (C=O) groups is 1. The molecule has 5 atom stereocenters. The minimum Gasteiger partial charge on any atom is -0.384 e. The lowest BCUT2D eigenvalue weighted by molar-refractivity contribution is -0.118. The number of nitrogen functional groups attached to an aromatic ring is 1. The van der Waals surface area contributed by atoms with E-state index in [1.807, 2.05) is 30.3 Å². The molecular weight excluding hydrogens is 428 g/mol. The molecule has 3 unspecified atom stereocenters. The molecule has 4 N–H and O–H groups in total. The van der Waals surface area contributed by atoms with Crippen LogP contribution in [0, 0.1) is 11.3 Å². The van der Waals surface area contributed by atoms with E-state index in [4.69, 9.17) is 11.1 Å². The van der Waals surface area contributed by atoms with Crippen molar-refractivity contribution in [3.8, 4) is 0 Å². The fourth-order valence-electron chi connectivity index (χ4n) is 6.21. The monoisotopic (exact) mass is 462 g/mol. The lowest BCUT2D eigenvalue weighted by Crippen LogP contribution is -2.55. The van der Waals surface area contributed by atoms with Gasteiger partial charge in [0.2, 0.25) is 5.91 Å². The third-order valence-corrected chi connectivity index (χ3v) is 9.22. The number of thioether (sulfide) groups is 1. The Morgan fingerprint density at radius 2 is 2.00 bits per heavy atom. The zero-order chi connectivity index (χ0) is 23.2. The molecular formula is C27H34N4OS. The van der Waals surface area contributed by atoms with Crippen molar-refractivity contribution in [3.63, 3.8) is 0 Å². The van der Waals surface area contributed by atoms with Crippen LogP contribution in [0.25, 0.3) is 0 Å². The van der Waals surface area contributed by atoms with Crippen molar-refractivity contribution in [2.75, 3.05) is 4.90 Å². The molecule has 6 heteroatoms. The van der Waals surface area contributed by atoms with Crippen molar-refractivity contribution in [2.24, 2.45) is 11.7 Å². The van der Waals surface area contributed by atoms with Gasteiger partial charge in [0.25, 0.3) is 0 Å². The summed E-state index contributed by atoms with van der Waals surface area (Å²) in [5, 5.41) is 11.4. The highest BCUT2D eigenvalue weighted by Crippen LogP contribution is 2.50. The average Bonchev–Trinajstić information content (AvgIpc) is 3.29. The Labute approximate surface area is 201 Å². The molecule has 3 aliphatic rings. The van der Waals surface area contributed by atoms with Crippen LogP contribution in [0.2, 0.25) is 0 Å². The molecule has 1 saturated carbocycles. The second-order valence-corrected chi connectivity index (χ2v) is 11.4. The van der Waals surface area contributed by atoms with Gasteiger partial charge in [0, 0.05) is 28.1 Å². The van der Waals surface area contributed by atoms with Gasteiger partial charge in [0.1, 0.15) is 11.1 Å². The van der Waals surface area contributed by atoms with Gasteiger partial charge in [-0.15, -0.1) is 11.8 Å². The molecule has 1 amide bonds. The third kappa shape index (κ3) is 4.19. The van der Waals surface area contributed by atoms with E-state index in [1.54, 1.807) is 11.8 Å². The maximum absolute atomic E-state index is 14.0. The number of carbonyl (C=O) groups excluding carboxylic acids is 1. The van der Waals surface area contributed by atoms with Crippen LogP contribution in [0.5, 0.6) is 0 Å².